The number of rotatable bonds is 5. The highest BCUT2D eigenvalue weighted by atomic mass is 32.2. The van der Waals surface area contributed by atoms with Gasteiger partial charge in [0.2, 0.25) is 0 Å². The number of carbonyl (C=O) groups excluding carboxylic acids is 1. The summed E-state index contributed by atoms with van der Waals surface area (Å²) >= 11 is 3.44. The van der Waals surface area contributed by atoms with Crippen molar-refractivity contribution in [2.45, 2.75) is 17.6 Å². The Labute approximate surface area is 174 Å². The van der Waals surface area contributed by atoms with E-state index in [0.717, 1.165) is 53.8 Å². The zero-order chi connectivity index (χ0) is 19.3. The number of aryl methyl sites for hydroxylation is 1. The maximum atomic E-state index is 13.2. The molecule has 3 heterocycles. The van der Waals surface area contributed by atoms with Crippen LogP contribution in [0.1, 0.15) is 21.5 Å². The quantitative estimate of drug-likeness (QED) is 0.572. The lowest BCUT2D eigenvalue weighted by molar-refractivity contribution is 0.0743. The number of pyridine rings is 1. The monoisotopic (exact) mass is 409 g/mol. The Morgan fingerprint density at radius 2 is 1.93 bits per heavy atom. The van der Waals surface area contributed by atoms with Gasteiger partial charge in [-0.15, -0.1) is 11.8 Å². The molecule has 144 valence electrons. The molecule has 0 N–H and O–H groups in total. The maximum absolute atomic E-state index is 13.2. The van der Waals surface area contributed by atoms with Crippen molar-refractivity contribution in [2.24, 2.45) is 0 Å². The number of thioether (sulfide) groups is 1. The minimum absolute atomic E-state index is 0.130. The van der Waals surface area contributed by atoms with Gasteiger partial charge in [-0.2, -0.15) is 11.3 Å². The molecule has 1 aromatic carbocycles. The number of anilines is 1. The fourth-order valence-corrected chi connectivity index (χ4v) is 5.02. The van der Waals surface area contributed by atoms with Gasteiger partial charge in [-0.25, -0.2) is 4.98 Å². The van der Waals surface area contributed by atoms with Crippen LogP contribution in [0.2, 0.25) is 0 Å². The molecule has 3 aromatic rings. The van der Waals surface area contributed by atoms with Crippen LogP contribution in [0, 0.1) is 6.92 Å². The predicted molar refractivity (Wildman–Crippen MR) is 117 cm³/mol. The molecule has 0 atom stereocenters. The minimum Gasteiger partial charge on any atom is -0.353 e. The maximum Gasteiger partial charge on any atom is 0.255 e. The highest BCUT2D eigenvalue weighted by Crippen LogP contribution is 2.28. The van der Waals surface area contributed by atoms with Gasteiger partial charge >= 0.3 is 0 Å². The summed E-state index contributed by atoms with van der Waals surface area (Å²) in [5, 5.41) is 4.26. The van der Waals surface area contributed by atoms with Gasteiger partial charge in [0.15, 0.2) is 0 Å². The number of thiophene rings is 1. The summed E-state index contributed by atoms with van der Waals surface area (Å²) in [6, 6.07) is 14.2. The van der Waals surface area contributed by atoms with Gasteiger partial charge in [0.25, 0.3) is 5.91 Å². The smallest absolute Gasteiger partial charge is 0.255 e. The van der Waals surface area contributed by atoms with E-state index in [1.165, 1.54) is 5.56 Å². The van der Waals surface area contributed by atoms with E-state index >= 15 is 0 Å². The highest BCUT2D eigenvalue weighted by molar-refractivity contribution is 7.98. The van der Waals surface area contributed by atoms with Crippen LogP contribution in [0.5, 0.6) is 0 Å². The summed E-state index contributed by atoms with van der Waals surface area (Å²) in [7, 11) is 0. The number of aromatic nitrogens is 1. The lowest BCUT2D eigenvalue weighted by Gasteiger charge is -2.35. The molecule has 6 heteroatoms. The van der Waals surface area contributed by atoms with E-state index in [-0.39, 0.29) is 5.91 Å². The molecule has 0 bridgehead atoms. The van der Waals surface area contributed by atoms with E-state index in [4.69, 9.17) is 0 Å². The third-order valence-electron chi connectivity index (χ3n) is 4.88. The first-order valence-corrected chi connectivity index (χ1v) is 11.3. The predicted octanol–water partition coefficient (Wildman–Crippen LogP) is 4.71. The van der Waals surface area contributed by atoms with Crippen molar-refractivity contribution in [3.8, 4) is 0 Å². The summed E-state index contributed by atoms with van der Waals surface area (Å²) in [4.78, 5) is 22.9. The van der Waals surface area contributed by atoms with E-state index in [1.54, 1.807) is 23.1 Å². The van der Waals surface area contributed by atoms with Crippen molar-refractivity contribution in [1.29, 1.82) is 0 Å². The minimum atomic E-state index is 0.130. The number of nitrogens with zero attached hydrogens (tertiary/aromatic N) is 3. The third kappa shape index (κ3) is 4.39. The topological polar surface area (TPSA) is 36.4 Å². The molecule has 1 aliphatic heterocycles. The van der Waals surface area contributed by atoms with Gasteiger partial charge in [0.05, 0.1) is 5.56 Å². The highest BCUT2D eigenvalue weighted by Gasteiger charge is 2.24. The van der Waals surface area contributed by atoms with Crippen LogP contribution in [0.25, 0.3) is 0 Å². The second-order valence-electron chi connectivity index (χ2n) is 6.89. The number of amides is 1. The molecule has 1 saturated heterocycles. The van der Waals surface area contributed by atoms with Gasteiger partial charge in [-0.1, -0.05) is 18.2 Å². The van der Waals surface area contributed by atoms with Crippen LogP contribution in [-0.2, 0) is 5.75 Å². The molecule has 4 rings (SSSR count). The lowest BCUT2D eigenvalue weighted by Crippen LogP contribution is -2.49. The first-order chi connectivity index (χ1) is 13.7. The van der Waals surface area contributed by atoms with Crippen molar-refractivity contribution < 1.29 is 4.79 Å². The fraction of sp³-hybridized carbons (Fsp3) is 0.273. The molecule has 0 unspecified atom stereocenters. The Hall–Kier alpha value is -2.31. The zero-order valence-corrected chi connectivity index (χ0v) is 17.5. The molecule has 2 aromatic heterocycles. The van der Waals surface area contributed by atoms with E-state index in [0.29, 0.717) is 0 Å². The molecule has 0 radical (unpaired) electrons. The SMILES string of the molecule is Cc1ccc(N2CCN(C(=O)c3ccccc3SCc3ccsc3)CC2)nc1. The van der Waals surface area contributed by atoms with Crippen molar-refractivity contribution in [3.63, 3.8) is 0 Å². The van der Waals surface area contributed by atoms with E-state index in [9.17, 15) is 4.79 Å². The summed E-state index contributed by atoms with van der Waals surface area (Å²) in [5.41, 5.74) is 3.27. The van der Waals surface area contributed by atoms with Crippen molar-refractivity contribution in [2.75, 3.05) is 31.1 Å². The third-order valence-corrected chi connectivity index (χ3v) is 6.76. The van der Waals surface area contributed by atoms with Gasteiger partial charge in [-0.3, -0.25) is 4.79 Å². The number of carbonyl (C=O) groups is 1. The average molecular weight is 410 g/mol. The Morgan fingerprint density at radius 1 is 1.11 bits per heavy atom. The Kier molecular flexibility index (Phi) is 5.98. The molecule has 4 nitrogen and oxygen atoms in total. The van der Waals surface area contributed by atoms with Crippen LogP contribution in [0.4, 0.5) is 5.82 Å². The summed E-state index contributed by atoms with van der Waals surface area (Å²) in [6.07, 6.45) is 1.90. The molecule has 1 aliphatic rings. The zero-order valence-electron chi connectivity index (χ0n) is 15.9. The van der Waals surface area contributed by atoms with Crippen LogP contribution in [0.3, 0.4) is 0 Å². The molecule has 1 amide bonds. The number of benzene rings is 1. The normalized spacial score (nSPS) is 14.3. The second kappa shape index (κ2) is 8.80. The summed E-state index contributed by atoms with van der Waals surface area (Å²) in [6.45, 7) is 5.11. The van der Waals surface area contributed by atoms with E-state index in [1.807, 2.05) is 36.2 Å². The first-order valence-electron chi connectivity index (χ1n) is 9.40. The standard InChI is InChI=1S/C22H23N3OS2/c1-17-6-7-21(23-14-17)24-9-11-25(12-10-24)22(26)19-4-2-3-5-20(19)28-16-18-8-13-27-15-18/h2-8,13-15H,9-12,16H2,1H3. The van der Waals surface area contributed by atoms with Gasteiger partial charge in [0, 0.05) is 43.0 Å². The summed E-state index contributed by atoms with van der Waals surface area (Å²) < 4.78 is 0. The second-order valence-corrected chi connectivity index (χ2v) is 8.69. The first kappa shape index (κ1) is 19.0. The van der Waals surface area contributed by atoms with Crippen LogP contribution < -0.4 is 4.90 Å². The molecule has 28 heavy (non-hydrogen) atoms. The fourth-order valence-electron chi connectivity index (χ4n) is 3.26. The van der Waals surface area contributed by atoms with Crippen molar-refractivity contribution in [1.82, 2.24) is 9.88 Å². The van der Waals surface area contributed by atoms with E-state index < -0.39 is 0 Å². The Bertz CT molecular complexity index is 917. The Balaban J connectivity index is 1.40. The number of hydrogen-bond acceptors (Lipinski definition) is 5. The van der Waals surface area contributed by atoms with Crippen LogP contribution in [0.15, 0.2) is 64.3 Å². The van der Waals surface area contributed by atoms with Crippen LogP contribution >= 0.6 is 23.1 Å². The average Bonchev–Trinajstić information content (AvgIpc) is 3.26. The summed E-state index contributed by atoms with van der Waals surface area (Å²) in [5.74, 6) is 2.01. The largest absolute Gasteiger partial charge is 0.353 e. The van der Waals surface area contributed by atoms with Gasteiger partial charge < -0.3 is 9.80 Å². The van der Waals surface area contributed by atoms with Gasteiger partial charge in [-0.05, 0) is 53.1 Å². The number of piperazine rings is 1. The van der Waals surface area contributed by atoms with Gasteiger partial charge in [0.1, 0.15) is 5.82 Å². The molecular weight excluding hydrogens is 386 g/mol. The van der Waals surface area contributed by atoms with E-state index in [2.05, 4.69) is 44.9 Å². The Morgan fingerprint density at radius 3 is 2.64 bits per heavy atom. The molecular formula is C22H23N3OS2. The number of hydrogen-bond donors (Lipinski definition) is 0. The van der Waals surface area contributed by atoms with Crippen molar-refractivity contribution in [3.05, 3.63) is 76.1 Å². The molecule has 0 spiro atoms. The molecule has 0 saturated carbocycles. The molecule has 1 fully saturated rings. The molecule has 0 aliphatic carbocycles. The van der Waals surface area contributed by atoms with Crippen molar-refractivity contribution >= 4 is 34.8 Å². The van der Waals surface area contributed by atoms with Crippen LogP contribution in [-0.4, -0.2) is 42.0 Å². The lowest BCUT2D eigenvalue weighted by atomic mass is 10.1.